The lowest BCUT2D eigenvalue weighted by atomic mass is 10.0. The standard InChI is InChI=1S/C14H17NO3/c1-11-12(6-4-9-16)5-3-7-13(11)14(17)15-8-10-18-2/h3,5,7,16H,8-10H2,1-2H3,(H,15,17). The molecule has 0 radical (unpaired) electrons. The Morgan fingerprint density at radius 3 is 2.94 bits per heavy atom. The zero-order chi connectivity index (χ0) is 13.4. The highest BCUT2D eigenvalue weighted by atomic mass is 16.5. The summed E-state index contributed by atoms with van der Waals surface area (Å²) in [5.74, 6) is 5.26. The number of benzene rings is 1. The van der Waals surface area contributed by atoms with E-state index in [4.69, 9.17) is 9.84 Å². The first kappa shape index (κ1) is 14.2. The monoisotopic (exact) mass is 247 g/mol. The van der Waals surface area contributed by atoms with Crippen molar-refractivity contribution in [3.05, 3.63) is 34.9 Å². The van der Waals surface area contributed by atoms with E-state index in [1.54, 1.807) is 19.2 Å². The molecule has 0 aliphatic rings. The minimum Gasteiger partial charge on any atom is -0.384 e. The third-order valence-corrected chi connectivity index (χ3v) is 2.47. The maximum absolute atomic E-state index is 11.9. The van der Waals surface area contributed by atoms with Gasteiger partial charge in [0.1, 0.15) is 6.61 Å². The van der Waals surface area contributed by atoms with Crippen LogP contribution < -0.4 is 5.32 Å². The number of aliphatic hydroxyl groups excluding tert-OH is 1. The lowest BCUT2D eigenvalue weighted by Gasteiger charge is -2.08. The Morgan fingerprint density at radius 1 is 1.50 bits per heavy atom. The summed E-state index contributed by atoms with van der Waals surface area (Å²) in [4.78, 5) is 11.9. The molecule has 1 amide bonds. The second kappa shape index (κ2) is 7.49. The van der Waals surface area contributed by atoms with Gasteiger partial charge >= 0.3 is 0 Å². The number of hydrogen-bond donors (Lipinski definition) is 2. The van der Waals surface area contributed by atoms with Crippen LogP contribution >= 0.6 is 0 Å². The van der Waals surface area contributed by atoms with Gasteiger partial charge in [-0.05, 0) is 24.6 Å². The van der Waals surface area contributed by atoms with Gasteiger partial charge in [-0.3, -0.25) is 4.79 Å². The molecule has 0 unspecified atom stereocenters. The van der Waals surface area contributed by atoms with Crippen LogP contribution in [0.3, 0.4) is 0 Å². The van der Waals surface area contributed by atoms with Gasteiger partial charge in [-0.1, -0.05) is 17.9 Å². The molecule has 0 heterocycles. The Hall–Kier alpha value is -1.83. The highest BCUT2D eigenvalue weighted by Crippen LogP contribution is 2.12. The fraction of sp³-hybridized carbons (Fsp3) is 0.357. The number of aliphatic hydroxyl groups is 1. The lowest BCUT2D eigenvalue weighted by molar-refractivity contribution is 0.0936. The second-order valence-electron chi connectivity index (χ2n) is 3.69. The van der Waals surface area contributed by atoms with E-state index in [0.29, 0.717) is 18.7 Å². The summed E-state index contributed by atoms with van der Waals surface area (Å²) in [7, 11) is 1.59. The van der Waals surface area contributed by atoms with Gasteiger partial charge in [0.15, 0.2) is 0 Å². The number of methoxy groups -OCH3 is 1. The molecule has 1 rings (SSSR count). The van der Waals surface area contributed by atoms with Crippen molar-refractivity contribution in [1.29, 1.82) is 0 Å². The second-order valence-corrected chi connectivity index (χ2v) is 3.69. The Bertz CT molecular complexity index is 472. The van der Waals surface area contributed by atoms with E-state index in [2.05, 4.69) is 17.2 Å². The van der Waals surface area contributed by atoms with E-state index in [9.17, 15) is 4.79 Å². The minimum atomic E-state index is -0.191. The normalized spacial score (nSPS) is 9.50. The molecular weight excluding hydrogens is 230 g/mol. The van der Waals surface area contributed by atoms with Crippen LogP contribution in [0.15, 0.2) is 18.2 Å². The van der Waals surface area contributed by atoms with Crippen LogP contribution in [0.1, 0.15) is 21.5 Å². The van der Waals surface area contributed by atoms with E-state index >= 15 is 0 Å². The molecule has 0 aliphatic heterocycles. The van der Waals surface area contributed by atoms with Gasteiger partial charge in [-0.25, -0.2) is 0 Å². The van der Waals surface area contributed by atoms with Crippen molar-refractivity contribution in [3.63, 3.8) is 0 Å². The maximum Gasteiger partial charge on any atom is 0.251 e. The smallest absolute Gasteiger partial charge is 0.251 e. The Morgan fingerprint density at radius 2 is 2.28 bits per heavy atom. The van der Waals surface area contributed by atoms with Gasteiger partial charge in [0.2, 0.25) is 0 Å². The van der Waals surface area contributed by atoms with Crippen LogP contribution in [0.25, 0.3) is 0 Å². The van der Waals surface area contributed by atoms with Crippen molar-refractivity contribution in [2.45, 2.75) is 6.92 Å². The summed E-state index contributed by atoms with van der Waals surface area (Å²) in [6.45, 7) is 2.60. The Balaban J connectivity index is 2.86. The van der Waals surface area contributed by atoms with Crippen molar-refractivity contribution in [2.24, 2.45) is 0 Å². The number of rotatable bonds is 4. The first-order valence-electron chi connectivity index (χ1n) is 5.67. The quantitative estimate of drug-likeness (QED) is 0.608. The van der Waals surface area contributed by atoms with Gasteiger partial charge in [0, 0.05) is 24.8 Å². The van der Waals surface area contributed by atoms with Crippen LogP contribution in [0.2, 0.25) is 0 Å². The molecule has 0 fully saturated rings. The van der Waals surface area contributed by atoms with Crippen LogP contribution in [-0.4, -0.2) is 37.9 Å². The summed E-state index contributed by atoms with van der Waals surface area (Å²) in [5.41, 5.74) is 2.16. The first-order valence-corrected chi connectivity index (χ1v) is 5.67. The molecule has 96 valence electrons. The maximum atomic E-state index is 11.9. The van der Waals surface area contributed by atoms with Gasteiger partial charge in [-0.15, -0.1) is 0 Å². The van der Waals surface area contributed by atoms with Crippen molar-refractivity contribution < 1.29 is 14.6 Å². The molecule has 0 aliphatic carbocycles. The third-order valence-electron chi connectivity index (χ3n) is 2.47. The molecule has 1 aromatic carbocycles. The summed E-state index contributed by atoms with van der Waals surface area (Å²) >= 11 is 0. The molecule has 2 N–H and O–H groups in total. The molecule has 4 nitrogen and oxygen atoms in total. The van der Waals surface area contributed by atoms with Crippen LogP contribution in [0.5, 0.6) is 0 Å². The minimum absolute atomic E-state index is 0.141. The Labute approximate surface area is 107 Å². The highest BCUT2D eigenvalue weighted by molar-refractivity contribution is 5.96. The molecule has 0 saturated carbocycles. The average molecular weight is 247 g/mol. The number of carbonyl (C=O) groups is 1. The van der Waals surface area contributed by atoms with Crippen LogP contribution in [0, 0.1) is 18.8 Å². The SMILES string of the molecule is COCCNC(=O)c1cccc(C#CCO)c1C. The molecule has 0 atom stereocenters. The zero-order valence-electron chi connectivity index (χ0n) is 10.6. The van der Waals surface area contributed by atoms with E-state index in [0.717, 1.165) is 11.1 Å². The third kappa shape index (κ3) is 3.88. The van der Waals surface area contributed by atoms with Crippen molar-refractivity contribution >= 4 is 5.91 Å². The largest absolute Gasteiger partial charge is 0.384 e. The lowest BCUT2D eigenvalue weighted by Crippen LogP contribution is -2.27. The molecule has 0 bridgehead atoms. The number of carbonyl (C=O) groups excluding carboxylic acids is 1. The summed E-state index contributed by atoms with van der Waals surface area (Å²) < 4.78 is 4.87. The topological polar surface area (TPSA) is 58.6 Å². The van der Waals surface area contributed by atoms with Gasteiger partial charge in [0.05, 0.1) is 6.61 Å². The highest BCUT2D eigenvalue weighted by Gasteiger charge is 2.09. The predicted octanol–water partition coefficient (Wildman–Crippen LogP) is 0.715. The summed E-state index contributed by atoms with van der Waals surface area (Å²) in [6, 6.07) is 5.35. The van der Waals surface area contributed by atoms with Crippen LogP contribution in [0.4, 0.5) is 0 Å². The van der Waals surface area contributed by atoms with Crippen molar-refractivity contribution in [2.75, 3.05) is 26.9 Å². The number of hydrogen-bond acceptors (Lipinski definition) is 3. The summed E-state index contributed by atoms with van der Waals surface area (Å²) in [5, 5.41) is 11.4. The fourth-order valence-corrected chi connectivity index (χ4v) is 1.51. The predicted molar refractivity (Wildman–Crippen MR) is 69.4 cm³/mol. The molecule has 0 aromatic heterocycles. The van der Waals surface area contributed by atoms with E-state index in [-0.39, 0.29) is 12.5 Å². The summed E-state index contributed by atoms with van der Waals surface area (Å²) in [6.07, 6.45) is 0. The molecule has 0 spiro atoms. The van der Waals surface area contributed by atoms with Gasteiger partial charge in [0.25, 0.3) is 5.91 Å². The van der Waals surface area contributed by atoms with Crippen molar-refractivity contribution in [1.82, 2.24) is 5.32 Å². The molecule has 4 heteroatoms. The van der Waals surface area contributed by atoms with Crippen LogP contribution in [-0.2, 0) is 4.74 Å². The number of ether oxygens (including phenoxy) is 1. The molecular formula is C14H17NO3. The average Bonchev–Trinajstić information content (AvgIpc) is 2.37. The molecule has 0 saturated heterocycles. The first-order chi connectivity index (χ1) is 8.70. The molecule has 18 heavy (non-hydrogen) atoms. The van der Waals surface area contributed by atoms with Gasteiger partial charge in [-0.2, -0.15) is 0 Å². The number of nitrogens with one attached hydrogen (secondary N) is 1. The van der Waals surface area contributed by atoms with Gasteiger partial charge < -0.3 is 15.2 Å². The van der Waals surface area contributed by atoms with E-state index in [1.807, 2.05) is 13.0 Å². The Kier molecular flexibility index (Phi) is 5.92. The zero-order valence-corrected chi connectivity index (χ0v) is 10.6. The van der Waals surface area contributed by atoms with Crippen molar-refractivity contribution in [3.8, 4) is 11.8 Å². The fourth-order valence-electron chi connectivity index (χ4n) is 1.51. The van der Waals surface area contributed by atoms with E-state index < -0.39 is 0 Å². The number of amides is 1. The van der Waals surface area contributed by atoms with E-state index in [1.165, 1.54) is 0 Å². The molecule has 1 aromatic rings.